The second-order valence-electron chi connectivity index (χ2n) is 5.09. The molecule has 2 unspecified atom stereocenters. The SMILES string of the molecule is O=C(NCC(O)c1ccc(F)cc1)C1(O)CCCNC1. The predicted molar refractivity (Wildman–Crippen MR) is 71.4 cm³/mol. The maximum absolute atomic E-state index is 12.8. The van der Waals surface area contributed by atoms with Crippen molar-refractivity contribution >= 4 is 5.91 Å². The van der Waals surface area contributed by atoms with E-state index in [0.717, 1.165) is 13.0 Å². The lowest BCUT2D eigenvalue weighted by molar-refractivity contribution is -0.141. The highest BCUT2D eigenvalue weighted by Crippen LogP contribution is 2.17. The van der Waals surface area contributed by atoms with E-state index >= 15 is 0 Å². The van der Waals surface area contributed by atoms with E-state index in [4.69, 9.17) is 0 Å². The first-order valence-electron chi connectivity index (χ1n) is 6.66. The van der Waals surface area contributed by atoms with Crippen molar-refractivity contribution in [1.82, 2.24) is 10.6 Å². The standard InChI is InChI=1S/C14H19FN2O3/c15-11-4-2-10(3-5-11)12(18)8-17-13(19)14(20)6-1-7-16-9-14/h2-5,12,16,18,20H,1,6-9H2,(H,17,19). The average Bonchev–Trinajstić information content (AvgIpc) is 2.46. The minimum absolute atomic E-state index is 0.0211. The molecule has 0 aromatic heterocycles. The molecule has 5 nitrogen and oxygen atoms in total. The van der Waals surface area contributed by atoms with Crippen molar-refractivity contribution < 1.29 is 19.4 Å². The van der Waals surface area contributed by atoms with E-state index in [2.05, 4.69) is 10.6 Å². The van der Waals surface area contributed by atoms with Gasteiger partial charge in [0.05, 0.1) is 6.10 Å². The number of rotatable bonds is 4. The summed E-state index contributed by atoms with van der Waals surface area (Å²) in [5, 5.41) is 25.6. The smallest absolute Gasteiger partial charge is 0.253 e. The first-order chi connectivity index (χ1) is 9.51. The summed E-state index contributed by atoms with van der Waals surface area (Å²) in [4.78, 5) is 11.9. The summed E-state index contributed by atoms with van der Waals surface area (Å²) in [6.45, 7) is 0.978. The van der Waals surface area contributed by atoms with Crippen LogP contribution in [0.1, 0.15) is 24.5 Å². The summed E-state index contributed by atoms with van der Waals surface area (Å²) in [5.74, 6) is -0.876. The second-order valence-corrected chi connectivity index (χ2v) is 5.09. The highest BCUT2D eigenvalue weighted by Gasteiger charge is 2.37. The number of hydrogen-bond donors (Lipinski definition) is 4. The van der Waals surface area contributed by atoms with Gasteiger partial charge in [-0.1, -0.05) is 12.1 Å². The molecule has 2 rings (SSSR count). The third-order valence-corrected chi connectivity index (χ3v) is 3.49. The van der Waals surface area contributed by atoms with Gasteiger partial charge in [0.15, 0.2) is 5.60 Å². The number of benzene rings is 1. The van der Waals surface area contributed by atoms with Crippen molar-refractivity contribution in [2.24, 2.45) is 0 Å². The molecule has 1 heterocycles. The topological polar surface area (TPSA) is 81.6 Å². The van der Waals surface area contributed by atoms with Gasteiger partial charge in [0, 0.05) is 13.1 Å². The van der Waals surface area contributed by atoms with Gasteiger partial charge in [0.2, 0.25) is 0 Å². The van der Waals surface area contributed by atoms with E-state index in [0.29, 0.717) is 12.0 Å². The highest BCUT2D eigenvalue weighted by molar-refractivity contribution is 5.85. The molecule has 1 aliphatic heterocycles. The fraction of sp³-hybridized carbons (Fsp3) is 0.500. The summed E-state index contributed by atoms with van der Waals surface area (Å²) in [7, 11) is 0. The Labute approximate surface area is 116 Å². The lowest BCUT2D eigenvalue weighted by Gasteiger charge is -2.31. The number of halogens is 1. The van der Waals surface area contributed by atoms with Crippen LogP contribution < -0.4 is 10.6 Å². The predicted octanol–water partition coefficient (Wildman–Crippen LogP) is 0.0898. The number of aliphatic hydroxyl groups excluding tert-OH is 1. The lowest BCUT2D eigenvalue weighted by Crippen LogP contribution is -2.56. The molecule has 110 valence electrons. The minimum Gasteiger partial charge on any atom is -0.387 e. The van der Waals surface area contributed by atoms with E-state index < -0.39 is 17.6 Å². The highest BCUT2D eigenvalue weighted by atomic mass is 19.1. The first-order valence-corrected chi connectivity index (χ1v) is 6.66. The number of piperidine rings is 1. The van der Waals surface area contributed by atoms with E-state index in [-0.39, 0.29) is 18.9 Å². The van der Waals surface area contributed by atoms with Gasteiger partial charge < -0.3 is 20.8 Å². The third kappa shape index (κ3) is 3.53. The molecule has 1 aliphatic rings. The minimum atomic E-state index is -1.42. The Hall–Kier alpha value is -1.50. The van der Waals surface area contributed by atoms with Crippen molar-refractivity contribution in [2.45, 2.75) is 24.5 Å². The van der Waals surface area contributed by atoms with Crippen LogP contribution in [0.3, 0.4) is 0 Å². The molecule has 1 fully saturated rings. The van der Waals surface area contributed by atoms with Gasteiger partial charge in [-0.05, 0) is 37.1 Å². The molecule has 2 atom stereocenters. The molecule has 6 heteroatoms. The van der Waals surface area contributed by atoms with Gasteiger partial charge in [0.1, 0.15) is 5.82 Å². The molecular formula is C14H19FN2O3. The molecule has 1 amide bonds. The molecule has 20 heavy (non-hydrogen) atoms. The average molecular weight is 282 g/mol. The molecule has 1 saturated heterocycles. The van der Waals surface area contributed by atoms with E-state index in [1.54, 1.807) is 0 Å². The van der Waals surface area contributed by atoms with Crippen molar-refractivity contribution in [3.63, 3.8) is 0 Å². The van der Waals surface area contributed by atoms with Crippen molar-refractivity contribution in [1.29, 1.82) is 0 Å². The monoisotopic (exact) mass is 282 g/mol. The summed E-state index contributed by atoms with van der Waals surface area (Å²) in [6.07, 6.45) is 0.197. The third-order valence-electron chi connectivity index (χ3n) is 3.49. The molecule has 1 aromatic carbocycles. The number of amides is 1. The van der Waals surface area contributed by atoms with Crippen LogP contribution in [0.5, 0.6) is 0 Å². The van der Waals surface area contributed by atoms with E-state index in [9.17, 15) is 19.4 Å². The number of carbonyl (C=O) groups is 1. The largest absolute Gasteiger partial charge is 0.387 e. The van der Waals surface area contributed by atoms with Crippen LogP contribution in [-0.2, 0) is 4.79 Å². The van der Waals surface area contributed by atoms with Gasteiger partial charge in [0.25, 0.3) is 5.91 Å². The van der Waals surface area contributed by atoms with Crippen LogP contribution >= 0.6 is 0 Å². The fourth-order valence-electron chi connectivity index (χ4n) is 2.24. The van der Waals surface area contributed by atoms with Gasteiger partial charge in [-0.2, -0.15) is 0 Å². The molecule has 0 saturated carbocycles. The molecule has 0 aliphatic carbocycles. The molecule has 0 radical (unpaired) electrons. The van der Waals surface area contributed by atoms with Crippen LogP contribution in [0, 0.1) is 5.82 Å². The van der Waals surface area contributed by atoms with Gasteiger partial charge in [-0.15, -0.1) is 0 Å². The summed E-state index contributed by atoms with van der Waals surface area (Å²) in [6, 6.07) is 5.42. The van der Waals surface area contributed by atoms with Crippen LogP contribution in [0.4, 0.5) is 4.39 Å². The maximum Gasteiger partial charge on any atom is 0.253 e. The van der Waals surface area contributed by atoms with E-state index in [1.165, 1.54) is 24.3 Å². The summed E-state index contributed by atoms with van der Waals surface area (Å²) in [5.41, 5.74) is -0.902. The number of nitrogens with one attached hydrogen (secondary N) is 2. The maximum atomic E-state index is 12.8. The van der Waals surface area contributed by atoms with Gasteiger partial charge in [-0.3, -0.25) is 4.79 Å². The fourth-order valence-corrected chi connectivity index (χ4v) is 2.24. The molecule has 1 aromatic rings. The Bertz CT molecular complexity index is 458. The number of aliphatic hydroxyl groups is 2. The quantitative estimate of drug-likeness (QED) is 0.631. The van der Waals surface area contributed by atoms with Gasteiger partial charge >= 0.3 is 0 Å². The lowest BCUT2D eigenvalue weighted by atomic mass is 9.93. The Balaban J connectivity index is 1.88. The van der Waals surface area contributed by atoms with Crippen LogP contribution in [0.25, 0.3) is 0 Å². The molecular weight excluding hydrogens is 263 g/mol. The molecule has 0 spiro atoms. The summed E-state index contributed by atoms with van der Waals surface area (Å²) >= 11 is 0. The second kappa shape index (κ2) is 6.30. The van der Waals surface area contributed by atoms with Crippen LogP contribution in [-0.4, -0.2) is 41.4 Å². The number of hydrogen-bond acceptors (Lipinski definition) is 4. The zero-order valence-electron chi connectivity index (χ0n) is 11.1. The zero-order valence-corrected chi connectivity index (χ0v) is 11.1. The summed E-state index contributed by atoms with van der Waals surface area (Å²) < 4.78 is 12.8. The zero-order chi connectivity index (χ0) is 14.6. The number of carbonyl (C=O) groups excluding carboxylic acids is 1. The Morgan fingerprint density at radius 2 is 2.15 bits per heavy atom. The van der Waals surface area contributed by atoms with Crippen molar-refractivity contribution in [3.8, 4) is 0 Å². The normalized spacial score (nSPS) is 24.1. The number of β-amino-alcohol motifs (C(OH)–C–C–N with tert-alkyl or cyclic N) is 1. The first kappa shape index (κ1) is 14.9. The molecule has 4 N–H and O–H groups in total. The van der Waals surface area contributed by atoms with Crippen LogP contribution in [0.2, 0.25) is 0 Å². The van der Waals surface area contributed by atoms with Crippen LogP contribution in [0.15, 0.2) is 24.3 Å². The van der Waals surface area contributed by atoms with Gasteiger partial charge in [-0.25, -0.2) is 4.39 Å². The van der Waals surface area contributed by atoms with Crippen molar-refractivity contribution in [2.75, 3.05) is 19.6 Å². The molecule has 0 bridgehead atoms. The Morgan fingerprint density at radius 1 is 1.45 bits per heavy atom. The van der Waals surface area contributed by atoms with E-state index in [1.807, 2.05) is 0 Å². The van der Waals surface area contributed by atoms with Crippen molar-refractivity contribution in [3.05, 3.63) is 35.6 Å². The Morgan fingerprint density at radius 3 is 2.75 bits per heavy atom. The Kier molecular flexibility index (Phi) is 4.69.